The van der Waals surface area contributed by atoms with E-state index in [2.05, 4.69) is 52.0 Å². The number of anilines is 1. The molecule has 5 nitrogen and oxygen atoms in total. The monoisotopic (exact) mass is 286 g/mol. The van der Waals surface area contributed by atoms with Crippen LogP contribution in [0.5, 0.6) is 0 Å². The van der Waals surface area contributed by atoms with Gasteiger partial charge < -0.3 is 15.1 Å². The molecule has 0 bridgehead atoms. The zero-order valence-electron chi connectivity index (χ0n) is 12.6. The summed E-state index contributed by atoms with van der Waals surface area (Å²) in [5.41, 5.74) is 2.77. The maximum atomic E-state index is 5.72. The highest BCUT2D eigenvalue weighted by molar-refractivity contribution is 5.37. The van der Waals surface area contributed by atoms with Crippen LogP contribution in [0.2, 0.25) is 0 Å². The lowest BCUT2D eigenvalue weighted by Crippen LogP contribution is -2.18. The zero-order chi connectivity index (χ0) is 14.7. The van der Waals surface area contributed by atoms with E-state index in [1.807, 2.05) is 6.92 Å². The minimum Gasteiger partial charge on any atom is -0.406 e. The molecule has 2 unspecified atom stereocenters. The van der Waals surface area contributed by atoms with Gasteiger partial charge in [0, 0.05) is 0 Å². The van der Waals surface area contributed by atoms with Gasteiger partial charge in [0.2, 0.25) is 5.89 Å². The van der Waals surface area contributed by atoms with Gasteiger partial charge in [-0.2, -0.15) is 0 Å². The van der Waals surface area contributed by atoms with E-state index in [1.165, 1.54) is 17.5 Å². The molecule has 2 N–H and O–H groups in total. The molecule has 0 radical (unpaired) electrons. The Bertz CT molecular complexity index is 595. The van der Waals surface area contributed by atoms with Gasteiger partial charge in [-0.15, -0.1) is 5.10 Å². The summed E-state index contributed by atoms with van der Waals surface area (Å²) in [5.74, 6) is 0.628. The lowest BCUT2D eigenvalue weighted by atomic mass is 9.88. The molecule has 5 heteroatoms. The van der Waals surface area contributed by atoms with Gasteiger partial charge in [-0.3, -0.25) is 0 Å². The second-order valence-corrected chi connectivity index (χ2v) is 5.51. The summed E-state index contributed by atoms with van der Waals surface area (Å²) in [5, 5.41) is 14.9. The Labute approximate surface area is 125 Å². The van der Waals surface area contributed by atoms with Crippen molar-refractivity contribution in [3.63, 3.8) is 0 Å². The van der Waals surface area contributed by atoms with Gasteiger partial charge in [-0.1, -0.05) is 36.3 Å². The van der Waals surface area contributed by atoms with Crippen LogP contribution in [0.4, 0.5) is 6.01 Å². The standard InChI is InChI=1S/C16H22N4O/c1-3-17-11(2)15-19-20-16(21-15)18-14-10-6-8-12-7-4-5-9-13(12)14/h4-5,7,9,11,14,17H,3,6,8,10H2,1-2H3,(H,18,20). The zero-order valence-corrected chi connectivity index (χ0v) is 12.6. The first-order valence-electron chi connectivity index (χ1n) is 7.69. The third-order valence-corrected chi connectivity index (χ3v) is 3.99. The van der Waals surface area contributed by atoms with Crippen LogP contribution in [0.3, 0.4) is 0 Å². The maximum Gasteiger partial charge on any atom is 0.316 e. The van der Waals surface area contributed by atoms with E-state index in [1.54, 1.807) is 0 Å². The van der Waals surface area contributed by atoms with Crippen molar-refractivity contribution in [3.05, 3.63) is 41.3 Å². The van der Waals surface area contributed by atoms with E-state index < -0.39 is 0 Å². The molecule has 2 aromatic rings. The van der Waals surface area contributed by atoms with Gasteiger partial charge in [-0.05, 0) is 43.9 Å². The van der Waals surface area contributed by atoms with Gasteiger partial charge in [0.15, 0.2) is 0 Å². The minimum absolute atomic E-state index is 0.0803. The van der Waals surface area contributed by atoms with Crippen LogP contribution in [0.1, 0.15) is 55.8 Å². The number of benzene rings is 1. The van der Waals surface area contributed by atoms with Crippen molar-refractivity contribution in [2.75, 3.05) is 11.9 Å². The van der Waals surface area contributed by atoms with Crippen molar-refractivity contribution in [3.8, 4) is 0 Å². The average Bonchev–Trinajstić information content (AvgIpc) is 2.97. The summed E-state index contributed by atoms with van der Waals surface area (Å²) in [7, 11) is 0. The van der Waals surface area contributed by atoms with E-state index in [0.29, 0.717) is 11.9 Å². The first-order valence-corrected chi connectivity index (χ1v) is 7.69. The van der Waals surface area contributed by atoms with Crippen LogP contribution in [0.15, 0.2) is 28.7 Å². The van der Waals surface area contributed by atoms with Crippen LogP contribution in [-0.2, 0) is 6.42 Å². The second-order valence-electron chi connectivity index (χ2n) is 5.51. The number of hydrogen-bond acceptors (Lipinski definition) is 5. The highest BCUT2D eigenvalue weighted by Crippen LogP contribution is 2.32. The van der Waals surface area contributed by atoms with Gasteiger partial charge in [-0.25, -0.2) is 0 Å². The maximum absolute atomic E-state index is 5.72. The summed E-state index contributed by atoms with van der Waals surface area (Å²) in [6.07, 6.45) is 3.43. The van der Waals surface area contributed by atoms with Crippen molar-refractivity contribution in [1.82, 2.24) is 15.5 Å². The van der Waals surface area contributed by atoms with E-state index in [4.69, 9.17) is 4.42 Å². The molecule has 1 aliphatic rings. The van der Waals surface area contributed by atoms with Crippen LogP contribution >= 0.6 is 0 Å². The topological polar surface area (TPSA) is 63.0 Å². The fraction of sp³-hybridized carbons (Fsp3) is 0.500. The molecule has 0 saturated carbocycles. The fourth-order valence-corrected chi connectivity index (χ4v) is 2.91. The molecule has 0 saturated heterocycles. The number of hydrogen-bond donors (Lipinski definition) is 2. The van der Waals surface area contributed by atoms with Crippen molar-refractivity contribution >= 4 is 6.01 Å². The van der Waals surface area contributed by atoms with Crippen molar-refractivity contribution in [2.45, 2.75) is 45.2 Å². The van der Waals surface area contributed by atoms with Crippen LogP contribution in [0, 0.1) is 0 Å². The van der Waals surface area contributed by atoms with Gasteiger partial charge in [0.25, 0.3) is 0 Å². The molecule has 1 aliphatic carbocycles. The summed E-state index contributed by atoms with van der Waals surface area (Å²) >= 11 is 0. The average molecular weight is 286 g/mol. The molecule has 1 aromatic carbocycles. The lowest BCUT2D eigenvalue weighted by molar-refractivity contribution is 0.424. The highest BCUT2D eigenvalue weighted by Gasteiger charge is 2.22. The Morgan fingerprint density at radius 2 is 2.19 bits per heavy atom. The molecule has 0 amide bonds. The number of fused-ring (bicyclic) bond motifs is 1. The second kappa shape index (κ2) is 6.26. The van der Waals surface area contributed by atoms with Gasteiger partial charge in [0.05, 0.1) is 12.1 Å². The SMILES string of the molecule is CCNC(C)c1nnc(NC2CCCc3ccccc32)o1. The molecule has 0 spiro atoms. The summed E-state index contributed by atoms with van der Waals surface area (Å²) in [6.45, 7) is 4.96. The highest BCUT2D eigenvalue weighted by atomic mass is 16.4. The number of rotatable bonds is 5. The Balaban J connectivity index is 1.73. The van der Waals surface area contributed by atoms with Crippen molar-refractivity contribution in [2.24, 2.45) is 0 Å². The van der Waals surface area contributed by atoms with E-state index in [0.717, 1.165) is 19.4 Å². The molecule has 0 aliphatic heterocycles. The molecule has 0 fully saturated rings. The number of aryl methyl sites for hydroxylation is 1. The van der Waals surface area contributed by atoms with E-state index >= 15 is 0 Å². The molecule has 1 aromatic heterocycles. The normalized spacial score (nSPS) is 19.0. The Morgan fingerprint density at radius 1 is 1.33 bits per heavy atom. The van der Waals surface area contributed by atoms with Crippen LogP contribution < -0.4 is 10.6 Å². The number of aromatic nitrogens is 2. The first kappa shape index (κ1) is 14.1. The Hall–Kier alpha value is -1.88. The van der Waals surface area contributed by atoms with Crippen LogP contribution in [0.25, 0.3) is 0 Å². The molecule has 3 rings (SSSR count). The summed E-state index contributed by atoms with van der Waals surface area (Å²) in [6, 6.07) is 9.43. The fourth-order valence-electron chi connectivity index (χ4n) is 2.91. The first-order chi connectivity index (χ1) is 10.3. The third kappa shape index (κ3) is 3.08. The number of nitrogens with zero attached hydrogens (tertiary/aromatic N) is 2. The molecule has 2 atom stereocenters. The van der Waals surface area contributed by atoms with Crippen LogP contribution in [-0.4, -0.2) is 16.7 Å². The summed E-state index contributed by atoms with van der Waals surface area (Å²) < 4.78 is 5.72. The molecular weight excluding hydrogens is 264 g/mol. The van der Waals surface area contributed by atoms with Crippen molar-refractivity contribution in [1.29, 1.82) is 0 Å². The molecule has 1 heterocycles. The Kier molecular flexibility index (Phi) is 4.20. The lowest BCUT2D eigenvalue weighted by Gasteiger charge is -2.25. The largest absolute Gasteiger partial charge is 0.406 e. The molecule has 21 heavy (non-hydrogen) atoms. The molecule has 112 valence electrons. The van der Waals surface area contributed by atoms with E-state index in [-0.39, 0.29) is 12.1 Å². The molecular formula is C16H22N4O. The summed E-state index contributed by atoms with van der Waals surface area (Å²) in [4.78, 5) is 0. The number of nitrogens with one attached hydrogen (secondary N) is 2. The van der Waals surface area contributed by atoms with Gasteiger partial charge in [0.1, 0.15) is 0 Å². The minimum atomic E-state index is 0.0803. The third-order valence-electron chi connectivity index (χ3n) is 3.99. The van der Waals surface area contributed by atoms with Crippen molar-refractivity contribution < 1.29 is 4.42 Å². The quantitative estimate of drug-likeness (QED) is 0.883. The smallest absolute Gasteiger partial charge is 0.316 e. The Morgan fingerprint density at radius 3 is 3.05 bits per heavy atom. The van der Waals surface area contributed by atoms with E-state index in [9.17, 15) is 0 Å². The predicted molar refractivity (Wildman–Crippen MR) is 82.1 cm³/mol. The van der Waals surface area contributed by atoms with Gasteiger partial charge >= 0.3 is 6.01 Å². The predicted octanol–water partition coefficient (Wildman–Crippen LogP) is 3.23.